The number of rotatable bonds is 4. The fraction of sp³-hybridized carbons (Fsp3) is 0.375. The number of aromatic nitrogens is 1. The normalized spacial score (nSPS) is 13.4. The van der Waals surface area contributed by atoms with E-state index >= 15 is 0 Å². The Hall–Kier alpha value is -2.50. The molecule has 2 aromatic rings. The average molecular weight is 302 g/mol. The Morgan fingerprint density at radius 1 is 1.18 bits per heavy atom. The molecular formula is C16H18N2O4. The van der Waals surface area contributed by atoms with Gasteiger partial charge in [0, 0.05) is 23.7 Å². The molecule has 1 aliphatic carbocycles. The van der Waals surface area contributed by atoms with Crippen LogP contribution in [0.15, 0.2) is 22.7 Å². The predicted molar refractivity (Wildman–Crippen MR) is 80.6 cm³/mol. The molecule has 0 radical (unpaired) electrons. The standard InChI is InChI=1S/C16H18N2O4/c1-20-13-8-7-10(9-14(13)21-2)17-16(19)15-11-5-3-4-6-12(11)22-18-15/h7-9H,3-6H2,1-2H3,(H,17,19). The number of benzene rings is 1. The largest absolute Gasteiger partial charge is 0.493 e. The zero-order chi connectivity index (χ0) is 15.5. The van der Waals surface area contributed by atoms with Crippen molar-refractivity contribution < 1.29 is 18.8 Å². The van der Waals surface area contributed by atoms with Gasteiger partial charge in [-0.15, -0.1) is 0 Å². The SMILES string of the molecule is COc1ccc(NC(=O)c2noc3c2CCCC3)cc1OC. The predicted octanol–water partition coefficient (Wildman–Crippen LogP) is 2.82. The zero-order valence-electron chi connectivity index (χ0n) is 12.6. The quantitative estimate of drug-likeness (QED) is 0.940. The van der Waals surface area contributed by atoms with Crippen molar-refractivity contribution in [2.45, 2.75) is 25.7 Å². The fourth-order valence-electron chi connectivity index (χ4n) is 2.67. The number of hydrogen-bond acceptors (Lipinski definition) is 5. The van der Waals surface area contributed by atoms with E-state index in [1.54, 1.807) is 32.4 Å². The lowest BCUT2D eigenvalue weighted by molar-refractivity contribution is 0.101. The number of fused-ring (bicyclic) bond motifs is 1. The first-order valence-electron chi connectivity index (χ1n) is 7.23. The molecule has 22 heavy (non-hydrogen) atoms. The molecule has 0 saturated heterocycles. The monoisotopic (exact) mass is 302 g/mol. The summed E-state index contributed by atoms with van der Waals surface area (Å²) in [5.74, 6) is 1.74. The van der Waals surface area contributed by atoms with E-state index in [9.17, 15) is 4.79 Å². The summed E-state index contributed by atoms with van der Waals surface area (Å²) in [6, 6.07) is 5.21. The van der Waals surface area contributed by atoms with Crippen molar-refractivity contribution in [1.82, 2.24) is 5.16 Å². The smallest absolute Gasteiger partial charge is 0.278 e. The Labute approximate surface area is 128 Å². The van der Waals surface area contributed by atoms with Gasteiger partial charge in [-0.25, -0.2) is 0 Å². The van der Waals surface area contributed by atoms with Crippen LogP contribution < -0.4 is 14.8 Å². The maximum Gasteiger partial charge on any atom is 0.278 e. The highest BCUT2D eigenvalue weighted by molar-refractivity contribution is 6.04. The summed E-state index contributed by atoms with van der Waals surface area (Å²) >= 11 is 0. The van der Waals surface area contributed by atoms with E-state index in [1.807, 2.05) is 0 Å². The minimum atomic E-state index is -0.265. The molecule has 6 nitrogen and oxygen atoms in total. The summed E-state index contributed by atoms with van der Waals surface area (Å²) in [5.41, 5.74) is 1.93. The van der Waals surface area contributed by atoms with Crippen molar-refractivity contribution in [2.24, 2.45) is 0 Å². The highest BCUT2D eigenvalue weighted by Gasteiger charge is 2.24. The highest BCUT2D eigenvalue weighted by Crippen LogP contribution is 2.30. The van der Waals surface area contributed by atoms with Crippen LogP contribution in [0.2, 0.25) is 0 Å². The third kappa shape index (κ3) is 2.64. The topological polar surface area (TPSA) is 73.6 Å². The lowest BCUT2D eigenvalue weighted by atomic mass is 9.96. The van der Waals surface area contributed by atoms with Gasteiger partial charge in [0.25, 0.3) is 5.91 Å². The van der Waals surface area contributed by atoms with E-state index in [0.717, 1.165) is 37.0 Å². The number of nitrogens with zero attached hydrogens (tertiary/aromatic N) is 1. The molecule has 1 amide bonds. The molecule has 0 aliphatic heterocycles. The first kappa shape index (κ1) is 14.4. The summed E-state index contributed by atoms with van der Waals surface area (Å²) in [6.07, 6.45) is 3.84. The molecular weight excluding hydrogens is 284 g/mol. The number of anilines is 1. The van der Waals surface area contributed by atoms with Crippen LogP contribution in [0.4, 0.5) is 5.69 Å². The van der Waals surface area contributed by atoms with Gasteiger partial charge in [0.2, 0.25) is 0 Å². The summed E-state index contributed by atoms with van der Waals surface area (Å²) < 4.78 is 15.7. The van der Waals surface area contributed by atoms with Gasteiger partial charge in [0.05, 0.1) is 14.2 Å². The van der Waals surface area contributed by atoms with Crippen LogP contribution in [0.5, 0.6) is 11.5 Å². The Morgan fingerprint density at radius 3 is 2.73 bits per heavy atom. The van der Waals surface area contributed by atoms with Crippen LogP contribution in [0.1, 0.15) is 34.7 Å². The Balaban J connectivity index is 1.81. The second kappa shape index (κ2) is 6.09. The number of nitrogens with one attached hydrogen (secondary N) is 1. The molecule has 0 spiro atoms. The van der Waals surface area contributed by atoms with Gasteiger partial charge in [0.15, 0.2) is 17.2 Å². The zero-order valence-corrected chi connectivity index (χ0v) is 12.6. The molecule has 116 valence electrons. The highest BCUT2D eigenvalue weighted by atomic mass is 16.5. The van der Waals surface area contributed by atoms with Crippen LogP contribution in [0.25, 0.3) is 0 Å². The van der Waals surface area contributed by atoms with Gasteiger partial charge in [-0.05, 0) is 31.4 Å². The van der Waals surface area contributed by atoms with Crippen molar-refractivity contribution in [3.63, 3.8) is 0 Å². The van der Waals surface area contributed by atoms with Crippen LogP contribution in [-0.2, 0) is 12.8 Å². The van der Waals surface area contributed by atoms with Crippen molar-refractivity contribution in [1.29, 1.82) is 0 Å². The Morgan fingerprint density at radius 2 is 1.95 bits per heavy atom. The van der Waals surface area contributed by atoms with E-state index in [-0.39, 0.29) is 5.91 Å². The minimum Gasteiger partial charge on any atom is -0.493 e. The van der Waals surface area contributed by atoms with E-state index in [4.69, 9.17) is 14.0 Å². The number of amides is 1. The van der Waals surface area contributed by atoms with Gasteiger partial charge >= 0.3 is 0 Å². The minimum absolute atomic E-state index is 0.265. The number of ether oxygens (including phenoxy) is 2. The molecule has 6 heteroatoms. The molecule has 0 bridgehead atoms. The first-order valence-corrected chi connectivity index (χ1v) is 7.23. The fourth-order valence-corrected chi connectivity index (χ4v) is 2.67. The number of hydrogen-bond donors (Lipinski definition) is 1. The average Bonchev–Trinajstić information content (AvgIpc) is 2.98. The lowest BCUT2D eigenvalue weighted by Crippen LogP contribution is -2.15. The maximum atomic E-state index is 12.4. The molecule has 1 N–H and O–H groups in total. The molecule has 0 atom stereocenters. The second-order valence-corrected chi connectivity index (χ2v) is 5.16. The van der Waals surface area contributed by atoms with E-state index < -0.39 is 0 Å². The second-order valence-electron chi connectivity index (χ2n) is 5.16. The van der Waals surface area contributed by atoms with Crippen LogP contribution in [0.3, 0.4) is 0 Å². The number of aryl methyl sites for hydroxylation is 1. The van der Waals surface area contributed by atoms with Gasteiger partial charge in [-0.1, -0.05) is 5.16 Å². The molecule has 3 rings (SSSR count). The molecule has 1 aliphatic rings. The van der Waals surface area contributed by atoms with E-state index in [2.05, 4.69) is 10.5 Å². The van der Waals surface area contributed by atoms with Crippen molar-refractivity contribution in [3.05, 3.63) is 35.2 Å². The van der Waals surface area contributed by atoms with Gasteiger partial charge in [-0.2, -0.15) is 0 Å². The van der Waals surface area contributed by atoms with E-state index in [1.165, 1.54) is 0 Å². The van der Waals surface area contributed by atoms with Gasteiger partial charge in [-0.3, -0.25) is 4.79 Å². The van der Waals surface area contributed by atoms with Crippen LogP contribution in [0, 0.1) is 0 Å². The van der Waals surface area contributed by atoms with E-state index in [0.29, 0.717) is 22.9 Å². The number of carbonyl (C=O) groups excluding carboxylic acids is 1. The maximum absolute atomic E-state index is 12.4. The lowest BCUT2D eigenvalue weighted by Gasteiger charge is -2.11. The Bertz CT molecular complexity index is 693. The summed E-state index contributed by atoms with van der Waals surface area (Å²) in [6.45, 7) is 0. The van der Waals surface area contributed by atoms with Crippen molar-refractivity contribution in [2.75, 3.05) is 19.5 Å². The van der Waals surface area contributed by atoms with Crippen LogP contribution in [-0.4, -0.2) is 25.3 Å². The first-order chi connectivity index (χ1) is 10.7. The Kier molecular flexibility index (Phi) is 4.00. The third-order valence-electron chi connectivity index (χ3n) is 3.81. The van der Waals surface area contributed by atoms with Crippen LogP contribution >= 0.6 is 0 Å². The van der Waals surface area contributed by atoms with Gasteiger partial charge in [0.1, 0.15) is 5.76 Å². The molecule has 1 aromatic heterocycles. The number of carbonyl (C=O) groups is 1. The summed E-state index contributed by atoms with van der Waals surface area (Å²) in [5, 5.41) is 6.75. The summed E-state index contributed by atoms with van der Waals surface area (Å²) in [7, 11) is 3.12. The molecule has 1 aromatic carbocycles. The molecule has 0 fully saturated rings. The van der Waals surface area contributed by atoms with Crippen molar-refractivity contribution in [3.8, 4) is 11.5 Å². The third-order valence-corrected chi connectivity index (χ3v) is 3.81. The summed E-state index contributed by atoms with van der Waals surface area (Å²) in [4.78, 5) is 12.4. The molecule has 1 heterocycles. The molecule has 0 saturated carbocycles. The molecule has 0 unspecified atom stereocenters. The van der Waals surface area contributed by atoms with Crippen molar-refractivity contribution >= 4 is 11.6 Å². The van der Waals surface area contributed by atoms with Gasteiger partial charge < -0.3 is 19.3 Å². The number of methoxy groups -OCH3 is 2.